The molecule has 0 aliphatic carbocycles. The normalized spacial score (nSPS) is 13.8. The molecule has 200 valence electrons. The van der Waals surface area contributed by atoms with Gasteiger partial charge in [0.05, 0.1) is 5.01 Å². The zero-order valence-electron chi connectivity index (χ0n) is 22.0. The van der Waals surface area contributed by atoms with Crippen LogP contribution < -0.4 is 5.32 Å². The maximum atomic E-state index is 13.1. The number of hydrogen-bond acceptors (Lipinski definition) is 4. The van der Waals surface area contributed by atoms with E-state index in [0.717, 1.165) is 46.6 Å². The van der Waals surface area contributed by atoms with Gasteiger partial charge in [0.1, 0.15) is 5.69 Å². The number of aromatic nitrogens is 1. The summed E-state index contributed by atoms with van der Waals surface area (Å²) in [7, 11) is 0. The molecule has 2 amide bonds. The molecular weight excluding hydrogens is 526 g/mol. The zero-order valence-corrected chi connectivity index (χ0v) is 23.6. The highest BCUT2D eigenvalue weighted by Gasteiger charge is 2.26. The molecule has 1 aliphatic heterocycles. The van der Waals surface area contributed by atoms with Crippen LogP contribution in [0.15, 0.2) is 78.2 Å². The molecule has 3 aromatic carbocycles. The van der Waals surface area contributed by atoms with Crippen LogP contribution in [-0.2, 0) is 17.6 Å². The Hall–Kier alpha value is -3.48. The number of aryl methyl sites for hydroxylation is 2. The summed E-state index contributed by atoms with van der Waals surface area (Å²) >= 11 is 7.59. The van der Waals surface area contributed by atoms with Gasteiger partial charge in [0.25, 0.3) is 5.91 Å². The maximum absolute atomic E-state index is 13.1. The van der Waals surface area contributed by atoms with E-state index in [0.29, 0.717) is 36.6 Å². The van der Waals surface area contributed by atoms with Crippen molar-refractivity contribution in [1.29, 1.82) is 0 Å². The highest BCUT2D eigenvalue weighted by atomic mass is 35.5. The van der Waals surface area contributed by atoms with Crippen molar-refractivity contribution in [2.75, 3.05) is 18.4 Å². The summed E-state index contributed by atoms with van der Waals surface area (Å²) in [5, 5.41) is 6.57. The Bertz CT molecular complexity index is 1440. The molecule has 1 saturated heterocycles. The number of rotatable bonds is 8. The van der Waals surface area contributed by atoms with E-state index in [1.807, 2.05) is 58.8 Å². The van der Waals surface area contributed by atoms with Gasteiger partial charge in [-0.1, -0.05) is 73.1 Å². The molecular formula is C32H32ClN3O2S. The molecule has 0 radical (unpaired) electrons. The third-order valence-electron chi connectivity index (χ3n) is 7.32. The number of halogens is 1. The van der Waals surface area contributed by atoms with Crippen molar-refractivity contribution in [3.8, 4) is 11.1 Å². The van der Waals surface area contributed by atoms with E-state index in [-0.39, 0.29) is 17.7 Å². The largest absolute Gasteiger partial charge is 0.343 e. The second kappa shape index (κ2) is 12.6. The number of benzene rings is 3. The Balaban J connectivity index is 1.16. The van der Waals surface area contributed by atoms with Crippen LogP contribution in [0.2, 0.25) is 5.02 Å². The van der Waals surface area contributed by atoms with E-state index < -0.39 is 0 Å². The van der Waals surface area contributed by atoms with Gasteiger partial charge in [-0.05, 0) is 60.6 Å². The number of nitrogens with zero attached hydrogens (tertiary/aromatic N) is 2. The average Bonchev–Trinajstić information content (AvgIpc) is 3.47. The van der Waals surface area contributed by atoms with Gasteiger partial charge in [0.15, 0.2) is 0 Å². The summed E-state index contributed by atoms with van der Waals surface area (Å²) in [6.45, 7) is 3.56. The third-order valence-corrected chi connectivity index (χ3v) is 8.56. The molecule has 7 heteroatoms. The molecule has 1 fully saturated rings. The molecule has 0 bridgehead atoms. The molecule has 2 heterocycles. The van der Waals surface area contributed by atoms with Crippen molar-refractivity contribution in [2.24, 2.45) is 0 Å². The Kier molecular flexibility index (Phi) is 8.74. The van der Waals surface area contributed by atoms with Gasteiger partial charge in [-0.2, -0.15) is 0 Å². The highest BCUT2D eigenvalue weighted by molar-refractivity contribution is 7.10. The molecule has 1 aromatic heterocycles. The second-order valence-corrected chi connectivity index (χ2v) is 11.2. The quantitative estimate of drug-likeness (QED) is 0.242. The lowest BCUT2D eigenvalue weighted by molar-refractivity contribution is -0.132. The third kappa shape index (κ3) is 6.75. The van der Waals surface area contributed by atoms with E-state index >= 15 is 0 Å². The number of piperidine rings is 1. The predicted octanol–water partition coefficient (Wildman–Crippen LogP) is 7.62. The lowest BCUT2D eigenvalue weighted by Gasteiger charge is -2.31. The minimum absolute atomic E-state index is 0.177. The minimum atomic E-state index is -0.205. The van der Waals surface area contributed by atoms with Gasteiger partial charge in [-0.25, -0.2) is 4.98 Å². The Morgan fingerprint density at radius 1 is 1.00 bits per heavy atom. The summed E-state index contributed by atoms with van der Waals surface area (Å²) in [6, 6.07) is 24.0. The number of nitrogens with one attached hydrogen (secondary N) is 1. The number of anilines is 1. The first-order valence-electron chi connectivity index (χ1n) is 13.5. The molecule has 5 nitrogen and oxygen atoms in total. The number of amides is 2. The topological polar surface area (TPSA) is 62.3 Å². The fourth-order valence-corrected chi connectivity index (χ4v) is 6.19. The number of carbonyl (C=O) groups is 2. The van der Waals surface area contributed by atoms with Gasteiger partial charge in [-0.15, -0.1) is 11.3 Å². The monoisotopic (exact) mass is 557 g/mol. The maximum Gasteiger partial charge on any atom is 0.275 e. The second-order valence-electron chi connectivity index (χ2n) is 9.91. The first-order chi connectivity index (χ1) is 19.0. The molecule has 0 spiro atoms. The van der Waals surface area contributed by atoms with Crippen LogP contribution >= 0.6 is 22.9 Å². The van der Waals surface area contributed by atoms with Gasteiger partial charge in [0, 0.05) is 47.1 Å². The van der Waals surface area contributed by atoms with E-state index in [1.54, 1.807) is 0 Å². The summed E-state index contributed by atoms with van der Waals surface area (Å²) in [4.78, 5) is 32.5. The van der Waals surface area contributed by atoms with Gasteiger partial charge in [-0.3, -0.25) is 9.59 Å². The molecule has 1 aliphatic rings. The molecule has 0 unspecified atom stereocenters. The number of carbonyl (C=O) groups excluding carboxylic acids is 2. The highest BCUT2D eigenvalue weighted by Crippen LogP contribution is 2.32. The summed E-state index contributed by atoms with van der Waals surface area (Å²) < 4.78 is 0. The zero-order chi connectivity index (χ0) is 27.2. The van der Waals surface area contributed by atoms with E-state index in [1.165, 1.54) is 16.9 Å². The molecule has 0 atom stereocenters. The van der Waals surface area contributed by atoms with Crippen molar-refractivity contribution in [2.45, 2.75) is 44.9 Å². The predicted molar refractivity (Wildman–Crippen MR) is 160 cm³/mol. The van der Waals surface area contributed by atoms with Gasteiger partial charge in [0.2, 0.25) is 5.91 Å². The SMILES string of the molecule is CCc1ccc(-c2ccccc2NC(=O)c2csc(C3CCN(C(=O)CCc4cccc(Cl)c4)CC3)n2)cc1. The van der Waals surface area contributed by atoms with Gasteiger partial charge < -0.3 is 10.2 Å². The molecule has 1 N–H and O–H groups in total. The van der Waals surface area contributed by atoms with Gasteiger partial charge >= 0.3 is 0 Å². The van der Waals surface area contributed by atoms with Crippen molar-refractivity contribution in [1.82, 2.24) is 9.88 Å². The summed E-state index contributed by atoms with van der Waals surface area (Å²) in [6.07, 6.45) is 3.88. The van der Waals surface area contributed by atoms with Crippen LogP contribution in [0, 0.1) is 0 Å². The van der Waals surface area contributed by atoms with E-state index in [4.69, 9.17) is 16.6 Å². The van der Waals surface area contributed by atoms with Crippen LogP contribution in [-0.4, -0.2) is 34.8 Å². The standard InChI is InChI=1S/C32H32ClN3O2S/c1-2-22-10-13-24(14-11-22)27-8-3-4-9-28(27)34-31(38)29-21-39-32(35-29)25-16-18-36(19-17-25)30(37)15-12-23-6-5-7-26(33)20-23/h3-11,13-14,20-21,25H,2,12,15-19H2,1H3,(H,34,38). The summed E-state index contributed by atoms with van der Waals surface area (Å²) in [5.41, 5.74) is 5.61. The van der Waals surface area contributed by atoms with Crippen molar-refractivity contribution in [3.05, 3.63) is 105 Å². The number of thiazole rings is 1. The fourth-order valence-electron chi connectivity index (χ4n) is 5.01. The first-order valence-corrected chi connectivity index (χ1v) is 14.7. The van der Waals surface area contributed by atoms with Crippen molar-refractivity contribution >= 4 is 40.4 Å². The average molecular weight is 558 g/mol. The Morgan fingerprint density at radius 3 is 2.51 bits per heavy atom. The van der Waals surface area contributed by atoms with E-state index in [9.17, 15) is 9.59 Å². The van der Waals surface area contributed by atoms with Crippen LogP contribution in [0.3, 0.4) is 0 Å². The molecule has 5 rings (SSSR count). The Morgan fingerprint density at radius 2 is 1.77 bits per heavy atom. The lowest BCUT2D eigenvalue weighted by Crippen LogP contribution is -2.38. The fraction of sp³-hybridized carbons (Fsp3) is 0.281. The Labute approximate surface area is 238 Å². The van der Waals surface area contributed by atoms with Crippen LogP contribution in [0.4, 0.5) is 5.69 Å². The smallest absolute Gasteiger partial charge is 0.275 e. The van der Waals surface area contributed by atoms with Crippen molar-refractivity contribution in [3.63, 3.8) is 0 Å². The molecule has 0 saturated carbocycles. The first kappa shape index (κ1) is 27.1. The number of hydrogen-bond donors (Lipinski definition) is 1. The van der Waals surface area contributed by atoms with Crippen LogP contribution in [0.1, 0.15) is 58.7 Å². The number of para-hydroxylation sites is 1. The molecule has 4 aromatic rings. The van der Waals surface area contributed by atoms with Crippen molar-refractivity contribution < 1.29 is 9.59 Å². The van der Waals surface area contributed by atoms with Crippen LogP contribution in [0.5, 0.6) is 0 Å². The van der Waals surface area contributed by atoms with E-state index in [2.05, 4.69) is 36.5 Å². The lowest BCUT2D eigenvalue weighted by atomic mass is 9.97. The minimum Gasteiger partial charge on any atom is -0.343 e. The molecule has 39 heavy (non-hydrogen) atoms. The summed E-state index contributed by atoms with van der Waals surface area (Å²) in [5.74, 6) is 0.234. The number of likely N-dealkylation sites (tertiary alicyclic amines) is 1. The van der Waals surface area contributed by atoms with Crippen LogP contribution in [0.25, 0.3) is 11.1 Å².